The van der Waals surface area contributed by atoms with Gasteiger partial charge in [-0.1, -0.05) is 0 Å². The second kappa shape index (κ2) is 10.4. The minimum atomic E-state index is -3.19. The second-order valence-electron chi connectivity index (χ2n) is 2.76. The third-order valence-corrected chi connectivity index (χ3v) is 4.67. The topological polar surface area (TPSA) is 63.2 Å². The Morgan fingerprint density at radius 3 is 1.65 bits per heavy atom. The van der Waals surface area contributed by atoms with Gasteiger partial charge < -0.3 is 18.1 Å². The highest BCUT2D eigenvalue weighted by Gasteiger charge is 2.27. The van der Waals surface area contributed by atoms with Gasteiger partial charge in [-0.25, -0.2) is 0 Å². The van der Waals surface area contributed by atoms with E-state index in [1.807, 2.05) is 13.8 Å². The Labute approximate surface area is 104 Å². The van der Waals surface area contributed by atoms with Crippen molar-refractivity contribution in [2.45, 2.75) is 27.7 Å². The van der Waals surface area contributed by atoms with Gasteiger partial charge in [-0.05, 0) is 27.7 Å². The van der Waals surface area contributed by atoms with Crippen molar-refractivity contribution in [3.8, 4) is 0 Å². The molecule has 0 aliphatic rings. The summed E-state index contributed by atoms with van der Waals surface area (Å²) in [5, 5.41) is 0. The zero-order valence-corrected chi connectivity index (χ0v) is 12.7. The summed E-state index contributed by atoms with van der Waals surface area (Å²) in [6.07, 6.45) is -0.152. The van der Waals surface area contributed by atoms with E-state index in [0.29, 0.717) is 26.4 Å². The van der Waals surface area contributed by atoms with Gasteiger partial charge in [0.1, 0.15) is 0 Å². The van der Waals surface area contributed by atoms with Crippen LogP contribution in [0, 0.1) is 0 Å². The molecule has 6 nitrogen and oxygen atoms in total. The van der Waals surface area contributed by atoms with Gasteiger partial charge in [0.05, 0.1) is 26.4 Å². The lowest BCUT2D eigenvalue weighted by atomic mass is 10.9. The van der Waals surface area contributed by atoms with Crippen LogP contribution in [0.2, 0.25) is 0 Å². The van der Waals surface area contributed by atoms with Crippen LogP contribution in [0.3, 0.4) is 0 Å². The minimum absolute atomic E-state index is 0.152. The molecule has 17 heavy (non-hydrogen) atoms. The van der Waals surface area contributed by atoms with Crippen molar-refractivity contribution in [2.24, 2.45) is 0 Å². The predicted molar refractivity (Wildman–Crippen MR) is 67.0 cm³/mol. The smallest absolute Gasteiger partial charge is 0.313 e. The molecule has 8 heteroatoms. The molecule has 0 aromatic carbocycles. The molecular weight excluding hydrogens is 266 g/mol. The van der Waals surface area contributed by atoms with Crippen LogP contribution in [0.5, 0.6) is 0 Å². The maximum Gasteiger partial charge on any atom is 0.356 e. The third kappa shape index (κ3) is 8.22. The van der Waals surface area contributed by atoms with Gasteiger partial charge in [-0.3, -0.25) is 9.09 Å². The highest BCUT2D eigenvalue weighted by molar-refractivity contribution is 7.54. The van der Waals surface area contributed by atoms with E-state index in [9.17, 15) is 4.57 Å². The summed E-state index contributed by atoms with van der Waals surface area (Å²) < 4.78 is 38.0. The first kappa shape index (κ1) is 17.5. The standard InChI is InChI=1S/C9H22O6P2/c1-5-11-16(12-6-2)13-9-17(10,14-7-3)15-8-4/h5-9H2,1-4H3. The van der Waals surface area contributed by atoms with E-state index >= 15 is 0 Å². The van der Waals surface area contributed by atoms with Crippen molar-refractivity contribution >= 4 is 16.2 Å². The molecular formula is C9H22O6P2. The molecule has 0 amide bonds. The zero-order chi connectivity index (χ0) is 13.1. The third-order valence-electron chi connectivity index (χ3n) is 1.44. The van der Waals surface area contributed by atoms with Crippen LogP contribution in [0.1, 0.15) is 27.7 Å². The van der Waals surface area contributed by atoms with Gasteiger partial charge >= 0.3 is 16.2 Å². The summed E-state index contributed by atoms with van der Waals surface area (Å²) in [6.45, 7) is 8.73. The maximum atomic E-state index is 12.1. The highest BCUT2D eigenvalue weighted by atomic mass is 31.2. The summed E-state index contributed by atoms with van der Waals surface area (Å²) in [6, 6.07) is 0. The molecule has 0 aromatic heterocycles. The van der Waals surface area contributed by atoms with Gasteiger partial charge in [0, 0.05) is 0 Å². The SMILES string of the molecule is CCOP(OCC)OCP(=O)(OCC)OCC. The molecule has 0 saturated carbocycles. The molecule has 0 aliphatic heterocycles. The molecule has 0 unspecified atom stereocenters. The Morgan fingerprint density at radius 2 is 1.29 bits per heavy atom. The molecule has 104 valence electrons. The van der Waals surface area contributed by atoms with E-state index in [4.69, 9.17) is 22.6 Å². The summed E-state index contributed by atoms with van der Waals surface area (Å²) in [5.74, 6) is 0. The summed E-state index contributed by atoms with van der Waals surface area (Å²) in [5.41, 5.74) is 0. The fraction of sp³-hybridized carbons (Fsp3) is 1.00. The zero-order valence-electron chi connectivity index (χ0n) is 10.9. The first-order valence-electron chi connectivity index (χ1n) is 5.68. The Hall–Kier alpha value is 0.460. The van der Waals surface area contributed by atoms with Crippen molar-refractivity contribution in [1.29, 1.82) is 0 Å². The molecule has 0 N–H and O–H groups in total. The van der Waals surface area contributed by atoms with Gasteiger partial charge in [0.2, 0.25) is 0 Å². The molecule has 0 atom stereocenters. The van der Waals surface area contributed by atoms with Crippen LogP contribution in [0.25, 0.3) is 0 Å². The van der Waals surface area contributed by atoms with Crippen LogP contribution in [0.4, 0.5) is 0 Å². The Balaban J connectivity index is 4.20. The van der Waals surface area contributed by atoms with Gasteiger partial charge in [0.25, 0.3) is 0 Å². The van der Waals surface area contributed by atoms with Crippen LogP contribution in [-0.4, -0.2) is 32.8 Å². The molecule has 0 aliphatic carbocycles. The quantitative estimate of drug-likeness (QED) is 0.542. The fourth-order valence-electron chi connectivity index (χ4n) is 0.946. The minimum Gasteiger partial charge on any atom is -0.313 e. The van der Waals surface area contributed by atoms with Crippen LogP contribution >= 0.6 is 16.2 Å². The number of hydrogen-bond donors (Lipinski definition) is 0. The van der Waals surface area contributed by atoms with E-state index in [1.54, 1.807) is 13.8 Å². The second-order valence-corrected chi connectivity index (χ2v) is 5.98. The Kier molecular flexibility index (Phi) is 10.7. The molecule has 0 radical (unpaired) electrons. The number of rotatable bonds is 11. The fourth-order valence-corrected chi connectivity index (χ4v) is 3.54. The largest absolute Gasteiger partial charge is 0.356 e. The van der Waals surface area contributed by atoms with Gasteiger partial charge in [-0.2, -0.15) is 0 Å². The van der Waals surface area contributed by atoms with E-state index in [1.165, 1.54) is 0 Å². The van der Waals surface area contributed by atoms with Crippen LogP contribution in [0.15, 0.2) is 0 Å². The Morgan fingerprint density at radius 1 is 0.824 bits per heavy atom. The molecule has 0 spiro atoms. The number of hydrogen-bond acceptors (Lipinski definition) is 6. The average molecular weight is 288 g/mol. The van der Waals surface area contributed by atoms with Crippen molar-refractivity contribution in [2.75, 3.05) is 32.8 Å². The average Bonchev–Trinajstić information content (AvgIpc) is 2.27. The molecule has 0 aromatic rings. The molecule has 0 bridgehead atoms. The lowest BCUT2D eigenvalue weighted by Crippen LogP contribution is -2.03. The van der Waals surface area contributed by atoms with Crippen LogP contribution < -0.4 is 0 Å². The lowest BCUT2D eigenvalue weighted by molar-refractivity contribution is 0.160. The van der Waals surface area contributed by atoms with E-state index in [2.05, 4.69) is 0 Å². The van der Waals surface area contributed by atoms with Gasteiger partial charge in [0.15, 0.2) is 6.35 Å². The summed E-state index contributed by atoms with van der Waals surface area (Å²) >= 11 is 0. The van der Waals surface area contributed by atoms with E-state index in [-0.39, 0.29) is 6.35 Å². The first-order chi connectivity index (χ1) is 8.11. The highest BCUT2D eigenvalue weighted by Crippen LogP contribution is 2.52. The Bertz CT molecular complexity index is 210. The predicted octanol–water partition coefficient (Wildman–Crippen LogP) is 3.53. The molecule has 0 rings (SSSR count). The van der Waals surface area contributed by atoms with E-state index in [0.717, 1.165) is 0 Å². The molecule has 0 fully saturated rings. The summed E-state index contributed by atoms with van der Waals surface area (Å²) in [7, 11) is -4.67. The van der Waals surface area contributed by atoms with Crippen molar-refractivity contribution in [3.05, 3.63) is 0 Å². The van der Waals surface area contributed by atoms with Gasteiger partial charge in [-0.15, -0.1) is 0 Å². The van der Waals surface area contributed by atoms with E-state index < -0.39 is 16.2 Å². The molecule has 0 heterocycles. The normalized spacial score (nSPS) is 12.3. The summed E-state index contributed by atoms with van der Waals surface area (Å²) in [4.78, 5) is 0. The van der Waals surface area contributed by atoms with Crippen LogP contribution in [-0.2, 0) is 27.2 Å². The van der Waals surface area contributed by atoms with Crippen molar-refractivity contribution < 1.29 is 27.2 Å². The lowest BCUT2D eigenvalue weighted by Gasteiger charge is -2.20. The maximum absolute atomic E-state index is 12.1. The van der Waals surface area contributed by atoms with Crippen molar-refractivity contribution in [3.63, 3.8) is 0 Å². The monoisotopic (exact) mass is 288 g/mol. The first-order valence-corrected chi connectivity index (χ1v) is 8.51. The molecule has 0 saturated heterocycles. The van der Waals surface area contributed by atoms with Crippen molar-refractivity contribution in [1.82, 2.24) is 0 Å².